The minimum absolute atomic E-state index is 0.377. The lowest BCUT2D eigenvalue weighted by molar-refractivity contribution is 0.0444. The average Bonchev–Trinajstić information content (AvgIpc) is 4.12. The Balaban J connectivity index is 1.31. The number of unbranched alkanes of at least 4 members (excludes halogenated alkanes) is 24. The molecule has 1 aliphatic rings. The van der Waals surface area contributed by atoms with Gasteiger partial charge in [-0.2, -0.15) is 8.75 Å². The van der Waals surface area contributed by atoms with Crippen LogP contribution in [0.2, 0.25) is 0 Å². The van der Waals surface area contributed by atoms with Gasteiger partial charge in [0.1, 0.15) is 11.0 Å². The van der Waals surface area contributed by atoms with Crippen molar-refractivity contribution >= 4 is 57.4 Å². The monoisotopic (exact) mass is 931 g/mol. The largest absolute Gasteiger partial charge is 0.386 e. The molecule has 0 amide bonds. The lowest BCUT2D eigenvalue weighted by Crippen LogP contribution is -2.05. The van der Waals surface area contributed by atoms with Crippen molar-refractivity contribution in [2.45, 2.75) is 246 Å². The summed E-state index contributed by atoms with van der Waals surface area (Å²) in [6.07, 6.45) is 44.8. The summed E-state index contributed by atoms with van der Waals surface area (Å²) in [5.41, 5.74) is 6.29. The Kier molecular flexibility index (Phi) is 25.3. The molecule has 0 aliphatic carbocycles. The van der Waals surface area contributed by atoms with E-state index >= 15 is 0 Å². The van der Waals surface area contributed by atoms with E-state index in [2.05, 4.69) is 50.6 Å². The standard InChI is InChI=1S/C56H86N2O3S3/c1-5-9-13-17-21-23-27-31-35-43(33-29-25-19-15-11-7-3)37-45-39-47(62-41-45)49-51-52(56(60)61-55(51)59)50(54-53(49)57-64-58-54)48-40-46(42-63-48)38-44(34-30-26-20-16-12-8-4)36-32-28-24-22-18-14-10-6-2/h39-44H,5-38H2,1-4H3. The Morgan fingerprint density at radius 3 is 1.03 bits per heavy atom. The van der Waals surface area contributed by atoms with Crippen molar-refractivity contribution in [2.24, 2.45) is 11.8 Å². The van der Waals surface area contributed by atoms with E-state index in [9.17, 15) is 9.59 Å². The summed E-state index contributed by atoms with van der Waals surface area (Å²) in [4.78, 5) is 29.4. The number of carbonyl (C=O) groups is 2. The minimum Gasteiger partial charge on any atom is -0.386 e. The van der Waals surface area contributed by atoms with Crippen LogP contribution in [0.4, 0.5) is 0 Å². The van der Waals surface area contributed by atoms with Gasteiger partial charge in [-0.1, -0.05) is 233 Å². The molecule has 4 heterocycles. The fourth-order valence-corrected chi connectivity index (χ4v) is 12.7. The number of rotatable bonds is 38. The van der Waals surface area contributed by atoms with E-state index in [0.717, 1.165) is 33.7 Å². The van der Waals surface area contributed by atoms with Crippen LogP contribution >= 0.6 is 34.4 Å². The predicted octanol–water partition coefficient (Wildman–Crippen LogP) is 19.3. The van der Waals surface area contributed by atoms with Crippen molar-refractivity contribution in [3.8, 4) is 20.9 Å². The van der Waals surface area contributed by atoms with Crippen LogP contribution in [0.1, 0.15) is 265 Å². The van der Waals surface area contributed by atoms with Gasteiger partial charge in [0.05, 0.1) is 22.9 Å². The molecule has 0 spiro atoms. The molecule has 2 unspecified atom stereocenters. The van der Waals surface area contributed by atoms with Gasteiger partial charge >= 0.3 is 11.9 Å². The molecule has 0 saturated heterocycles. The second kappa shape index (κ2) is 30.8. The Hall–Kier alpha value is -2.42. The van der Waals surface area contributed by atoms with Gasteiger partial charge in [-0.15, -0.1) is 22.7 Å². The number of carbonyl (C=O) groups excluding carboxylic acids is 2. The molecule has 0 fully saturated rings. The van der Waals surface area contributed by atoms with E-state index in [1.54, 1.807) is 22.7 Å². The smallest absolute Gasteiger partial charge is 0.347 e. The van der Waals surface area contributed by atoms with Crippen molar-refractivity contribution in [1.29, 1.82) is 0 Å². The van der Waals surface area contributed by atoms with Crippen LogP contribution in [-0.2, 0) is 17.6 Å². The number of hydrogen-bond acceptors (Lipinski definition) is 8. The third-order valence-electron chi connectivity index (χ3n) is 14.0. The van der Waals surface area contributed by atoms with E-state index in [4.69, 9.17) is 13.5 Å². The number of fused-ring (bicyclic) bond motifs is 2. The first-order valence-electron chi connectivity index (χ1n) is 26.7. The van der Waals surface area contributed by atoms with Crippen LogP contribution in [0, 0.1) is 11.8 Å². The SMILES string of the molecule is CCCCCCCCCCC(CCCCCCCC)Cc1csc(-c2c3c(c(-c4cc(CC(CCCCCCCC)CCCCCCCCCC)cs4)c4nsnc24)C(=O)OC3=O)c1. The quantitative estimate of drug-likeness (QED) is 0.0254. The number of thiophene rings is 2. The van der Waals surface area contributed by atoms with Crippen molar-refractivity contribution < 1.29 is 14.3 Å². The van der Waals surface area contributed by atoms with Crippen LogP contribution in [0.25, 0.3) is 31.9 Å². The Labute approximate surface area is 402 Å². The molecule has 0 N–H and O–H groups in total. The van der Waals surface area contributed by atoms with Crippen molar-refractivity contribution in [1.82, 2.24) is 8.75 Å². The molecule has 0 radical (unpaired) electrons. The number of ether oxygens (including phenoxy) is 1. The molecule has 356 valence electrons. The molecular formula is C56H86N2O3S3. The Morgan fingerprint density at radius 2 is 0.719 bits per heavy atom. The third-order valence-corrected chi connectivity index (χ3v) is 16.5. The Bertz CT molecular complexity index is 1780. The van der Waals surface area contributed by atoms with Gasteiger partial charge in [-0.3, -0.25) is 0 Å². The second-order valence-corrected chi connectivity index (χ2v) is 21.9. The molecule has 3 aromatic heterocycles. The summed E-state index contributed by atoms with van der Waals surface area (Å²) in [7, 11) is 0. The van der Waals surface area contributed by atoms with E-state index in [1.165, 1.54) is 228 Å². The van der Waals surface area contributed by atoms with Crippen LogP contribution in [0.5, 0.6) is 0 Å². The van der Waals surface area contributed by atoms with Gasteiger partial charge in [0.2, 0.25) is 0 Å². The fraction of sp³-hybridized carbons (Fsp3) is 0.714. The molecule has 8 heteroatoms. The number of nitrogens with zero attached hydrogens (tertiary/aromatic N) is 2. The fourth-order valence-electron chi connectivity index (χ4n) is 10.2. The summed E-state index contributed by atoms with van der Waals surface area (Å²) in [6.45, 7) is 9.16. The molecule has 5 nitrogen and oxygen atoms in total. The van der Waals surface area contributed by atoms with Crippen LogP contribution in [-0.4, -0.2) is 20.7 Å². The van der Waals surface area contributed by atoms with Gasteiger partial charge < -0.3 is 4.74 Å². The van der Waals surface area contributed by atoms with Crippen LogP contribution in [0.15, 0.2) is 22.9 Å². The van der Waals surface area contributed by atoms with Crippen molar-refractivity contribution in [3.63, 3.8) is 0 Å². The Morgan fingerprint density at radius 1 is 0.422 bits per heavy atom. The highest BCUT2D eigenvalue weighted by Crippen LogP contribution is 2.47. The predicted molar refractivity (Wildman–Crippen MR) is 279 cm³/mol. The summed E-state index contributed by atoms with van der Waals surface area (Å²) in [5.74, 6) is 0.205. The third kappa shape index (κ3) is 17.0. The molecule has 5 rings (SSSR count). The zero-order valence-electron chi connectivity index (χ0n) is 40.8. The summed E-state index contributed by atoms with van der Waals surface area (Å²) in [6, 6.07) is 4.55. The summed E-state index contributed by atoms with van der Waals surface area (Å²) < 4.78 is 15.2. The molecule has 4 aromatic rings. The van der Waals surface area contributed by atoms with Crippen molar-refractivity contribution in [3.05, 3.63) is 45.1 Å². The lowest BCUT2D eigenvalue weighted by atomic mass is 9.88. The topological polar surface area (TPSA) is 69.2 Å². The number of esters is 2. The van der Waals surface area contributed by atoms with E-state index < -0.39 is 11.9 Å². The molecule has 1 aliphatic heterocycles. The molecule has 2 atom stereocenters. The first-order valence-corrected chi connectivity index (χ1v) is 29.2. The lowest BCUT2D eigenvalue weighted by Gasteiger charge is -2.17. The van der Waals surface area contributed by atoms with Gasteiger partial charge in [0.15, 0.2) is 0 Å². The van der Waals surface area contributed by atoms with Crippen LogP contribution in [0.3, 0.4) is 0 Å². The zero-order valence-corrected chi connectivity index (χ0v) is 43.3. The summed E-state index contributed by atoms with van der Waals surface area (Å²) in [5, 5.41) is 4.57. The number of cyclic esters (lactones) is 2. The van der Waals surface area contributed by atoms with E-state index in [1.807, 2.05) is 0 Å². The number of benzene rings is 1. The molecular weight excluding hydrogens is 845 g/mol. The first-order chi connectivity index (χ1) is 31.5. The zero-order chi connectivity index (χ0) is 45.2. The van der Waals surface area contributed by atoms with Crippen molar-refractivity contribution in [2.75, 3.05) is 0 Å². The van der Waals surface area contributed by atoms with Gasteiger partial charge in [-0.05, 0) is 58.7 Å². The summed E-state index contributed by atoms with van der Waals surface area (Å²) >= 11 is 4.51. The van der Waals surface area contributed by atoms with Crippen LogP contribution < -0.4 is 0 Å². The highest BCUT2D eigenvalue weighted by Gasteiger charge is 2.40. The second-order valence-electron chi connectivity index (χ2n) is 19.6. The molecule has 1 aromatic carbocycles. The average molecular weight is 932 g/mol. The number of aromatic nitrogens is 2. The van der Waals surface area contributed by atoms with Gasteiger partial charge in [0.25, 0.3) is 0 Å². The highest BCUT2D eigenvalue weighted by atomic mass is 32.1. The van der Waals surface area contributed by atoms with Gasteiger partial charge in [-0.25, -0.2) is 9.59 Å². The van der Waals surface area contributed by atoms with E-state index in [0.29, 0.717) is 34.0 Å². The molecule has 0 saturated carbocycles. The maximum absolute atomic E-state index is 13.7. The van der Waals surface area contributed by atoms with Gasteiger partial charge in [0, 0.05) is 20.9 Å². The molecule has 64 heavy (non-hydrogen) atoms. The maximum atomic E-state index is 13.7. The highest BCUT2D eigenvalue weighted by molar-refractivity contribution is 7.14. The maximum Gasteiger partial charge on any atom is 0.347 e. The minimum atomic E-state index is -0.558. The number of hydrogen-bond donors (Lipinski definition) is 0. The first kappa shape index (κ1) is 52.5. The van der Waals surface area contributed by atoms with E-state index in [-0.39, 0.29) is 0 Å². The molecule has 0 bridgehead atoms. The normalized spacial score (nSPS) is 13.6.